The molecular weight excluding hydrogens is 248 g/mol. The van der Waals surface area contributed by atoms with Crippen LogP contribution in [0.15, 0.2) is 17.1 Å². The van der Waals surface area contributed by atoms with Gasteiger partial charge in [0.2, 0.25) is 0 Å². The molecule has 5 heteroatoms. The standard InChI is InChI=1S/C7H5NO2Se.K/c9-7(10)5-3-4-1-2-11-6(4)8-5;/h1-3,8H,(H,9,10);/q;+1/p-1. The third-order valence-corrected chi connectivity index (χ3v) is 3.24. The van der Waals surface area contributed by atoms with Gasteiger partial charge in [0.1, 0.15) is 0 Å². The largest absolute Gasteiger partial charge is 1.00 e. The molecule has 0 bridgehead atoms. The van der Waals surface area contributed by atoms with Crippen molar-refractivity contribution in [1.29, 1.82) is 0 Å². The molecule has 0 aliphatic heterocycles. The number of aromatic nitrogens is 1. The first kappa shape index (κ1) is 10.7. The molecule has 0 amide bonds. The van der Waals surface area contributed by atoms with Gasteiger partial charge in [-0.2, -0.15) is 0 Å². The number of aromatic carboxylic acids is 1. The van der Waals surface area contributed by atoms with Crippen molar-refractivity contribution < 1.29 is 61.3 Å². The summed E-state index contributed by atoms with van der Waals surface area (Å²) >= 11 is 0.281. The molecular formula is C7H4KNO2Se. The first-order valence-electron chi connectivity index (χ1n) is 3.05. The molecule has 0 unspecified atom stereocenters. The van der Waals surface area contributed by atoms with Crippen LogP contribution in [-0.4, -0.2) is 25.5 Å². The van der Waals surface area contributed by atoms with E-state index in [4.69, 9.17) is 0 Å². The maximum atomic E-state index is 10.3. The third-order valence-electron chi connectivity index (χ3n) is 1.46. The number of hydrogen-bond donors (Lipinski definition) is 1. The molecule has 2 aromatic heterocycles. The zero-order chi connectivity index (χ0) is 7.84. The maximum Gasteiger partial charge on any atom is 1.00 e. The van der Waals surface area contributed by atoms with Crippen molar-refractivity contribution in [2.45, 2.75) is 0 Å². The number of carbonyl (C=O) groups excluding carboxylic acids is 1. The Morgan fingerprint density at radius 3 is 2.92 bits per heavy atom. The number of fused-ring (bicyclic) bond motifs is 1. The van der Waals surface area contributed by atoms with Crippen molar-refractivity contribution in [3.8, 4) is 0 Å². The van der Waals surface area contributed by atoms with E-state index in [-0.39, 0.29) is 71.6 Å². The molecule has 0 saturated heterocycles. The fourth-order valence-corrected chi connectivity index (χ4v) is 2.60. The quantitative estimate of drug-likeness (QED) is 0.538. The van der Waals surface area contributed by atoms with E-state index in [0.29, 0.717) is 0 Å². The van der Waals surface area contributed by atoms with Gasteiger partial charge in [-0.3, -0.25) is 0 Å². The topological polar surface area (TPSA) is 55.9 Å². The number of hydrogen-bond acceptors (Lipinski definition) is 2. The van der Waals surface area contributed by atoms with Crippen molar-refractivity contribution in [1.82, 2.24) is 4.98 Å². The van der Waals surface area contributed by atoms with Crippen LogP contribution in [0.1, 0.15) is 10.5 Å². The van der Waals surface area contributed by atoms with E-state index in [9.17, 15) is 9.90 Å². The first-order chi connectivity index (χ1) is 5.27. The fourth-order valence-electron chi connectivity index (χ4n) is 0.958. The van der Waals surface area contributed by atoms with Crippen LogP contribution in [0, 0.1) is 0 Å². The van der Waals surface area contributed by atoms with Gasteiger partial charge in [-0.15, -0.1) is 0 Å². The van der Waals surface area contributed by atoms with Crippen LogP contribution in [0.25, 0.3) is 9.78 Å². The average Bonchev–Trinajstić information content (AvgIpc) is 2.40. The van der Waals surface area contributed by atoms with Gasteiger partial charge in [0, 0.05) is 0 Å². The molecule has 1 N–H and O–H groups in total. The van der Waals surface area contributed by atoms with Crippen LogP contribution in [-0.2, 0) is 0 Å². The Morgan fingerprint density at radius 1 is 1.58 bits per heavy atom. The molecule has 0 atom stereocenters. The van der Waals surface area contributed by atoms with E-state index in [1.165, 1.54) is 0 Å². The van der Waals surface area contributed by atoms with E-state index in [0.717, 1.165) is 9.78 Å². The number of carboxylic acids is 1. The second-order valence-corrected chi connectivity index (χ2v) is 4.10. The normalized spacial score (nSPS) is 9.67. The zero-order valence-corrected chi connectivity index (χ0v) is 11.3. The van der Waals surface area contributed by atoms with Crippen molar-refractivity contribution in [3.05, 3.63) is 22.8 Å². The van der Waals surface area contributed by atoms with Crippen LogP contribution in [0.5, 0.6) is 0 Å². The second kappa shape index (κ2) is 4.24. The van der Waals surface area contributed by atoms with E-state index in [1.54, 1.807) is 6.07 Å². The summed E-state index contributed by atoms with van der Waals surface area (Å²) in [5.41, 5.74) is 0.182. The molecule has 3 nitrogen and oxygen atoms in total. The summed E-state index contributed by atoms with van der Waals surface area (Å²) < 4.78 is 1.02. The first-order valence-corrected chi connectivity index (χ1v) is 4.89. The molecule has 0 spiro atoms. The smallest absolute Gasteiger partial charge is 1.00 e. The molecule has 2 rings (SSSR count). The fraction of sp³-hybridized carbons (Fsp3) is 0. The minimum absolute atomic E-state index is 0. The monoisotopic (exact) mass is 253 g/mol. The minimum Gasteiger partial charge on any atom is 1.00 e. The number of aromatic amines is 1. The van der Waals surface area contributed by atoms with Crippen LogP contribution in [0.4, 0.5) is 0 Å². The van der Waals surface area contributed by atoms with Crippen LogP contribution < -0.4 is 56.5 Å². The summed E-state index contributed by atoms with van der Waals surface area (Å²) in [4.78, 5) is 15.2. The summed E-state index contributed by atoms with van der Waals surface area (Å²) in [6.07, 6.45) is 0. The predicted octanol–water partition coefficient (Wildman–Crippen LogP) is -3.41. The van der Waals surface area contributed by atoms with Crippen LogP contribution >= 0.6 is 0 Å². The summed E-state index contributed by atoms with van der Waals surface area (Å²) in [7, 11) is 0. The molecule has 0 saturated carbocycles. The van der Waals surface area contributed by atoms with E-state index in [2.05, 4.69) is 4.98 Å². The maximum absolute atomic E-state index is 10.3. The number of carbonyl (C=O) groups is 1. The minimum atomic E-state index is -1.14. The van der Waals surface area contributed by atoms with Gasteiger partial charge in [0.25, 0.3) is 0 Å². The van der Waals surface area contributed by atoms with Gasteiger partial charge in [-0.25, -0.2) is 0 Å². The molecule has 0 radical (unpaired) electrons. The van der Waals surface area contributed by atoms with Gasteiger partial charge in [-0.05, 0) is 0 Å². The van der Waals surface area contributed by atoms with Gasteiger partial charge in [-0.1, -0.05) is 0 Å². The van der Waals surface area contributed by atoms with Gasteiger partial charge < -0.3 is 0 Å². The molecule has 0 fully saturated rings. The summed E-state index contributed by atoms with van der Waals surface area (Å²) in [5.74, 6) is -1.14. The third kappa shape index (κ3) is 1.93. The SMILES string of the molecule is O=C([O-])c1cc2cc[se]c2[nH]1.[K+]. The van der Waals surface area contributed by atoms with Crippen LogP contribution in [0.2, 0.25) is 0 Å². The van der Waals surface area contributed by atoms with Gasteiger partial charge in [0.15, 0.2) is 0 Å². The Hall–Kier alpha value is 0.646. The zero-order valence-electron chi connectivity index (χ0n) is 6.46. The van der Waals surface area contributed by atoms with Crippen molar-refractivity contribution in [2.75, 3.05) is 0 Å². The Labute approximate surface area is 117 Å². The molecule has 2 heterocycles. The number of carboxylic acid groups (broad SMARTS) is 1. The van der Waals surface area contributed by atoms with Crippen molar-refractivity contribution >= 4 is 30.2 Å². The van der Waals surface area contributed by atoms with E-state index < -0.39 is 5.97 Å². The molecule has 12 heavy (non-hydrogen) atoms. The molecule has 56 valence electrons. The Kier molecular flexibility index (Phi) is 3.79. The van der Waals surface area contributed by atoms with Crippen LogP contribution in [0.3, 0.4) is 0 Å². The van der Waals surface area contributed by atoms with E-state index >= 15 is 0 Å². The molecule has 2 aromatic rings. The second-order valence-electron chi connectivity index (χ2n) is 2.18. The average molecular weight is 252 g/mol. The van der Waals surface area contributed by atoms with Crippen molar-refractivity contribution in [2.24, 2.45) is 0 Å². The molecule has 0 aliphatic carbocycles. The summed E-state index contributed by atoms with van der Waals surface area (Å²) in [6.45, 7) is 0. The number of H-pyrrole nitrogens is 1. The number of nitrogens with one attached hydrogen (secondary N) is 1. The Balaban J connectivity index is 0.000000720. The van der Waals surface area contributed by atoms with Gasteiger partial charge in [0.05, 0.1) is 0 Å². The molecule has 0 aliphatic rings. The molecule has 0 aromatic carbocycles. The Morgan fingerprint density at radius 2 is 2.33 bits per heavy atom. The summed E-state index contributed by atoms with van der Waals surface area (Å²) in [5, 5.41) is 11.3. The summed E-state index contributed by atoms with van der Waals surface area (Å²) in [6, 6.07) is 3.54. The van der Waals surface area contributed by atoms with Gasteiger partial charge >= 0.3 is 119 Å². The Bertz CT molecular complexity index is 378. The predicted molar refractivity (Wildman–Crippen MR) is 39.6 cm³/mol. The van der Waals surface area contributed by atoms with Crippen molar-refractivity contribution in [3.63, 3.8) is 0 Å². The number of rotatable bonds is 1. The van der Waals surface area contributed by atoms with E-state index in [1.807, 2.05) is 11.0 Å².